The van der Waals surface area contributed by atoms with Crippen molar-refractivity contribution >= 4 is 24.1 Å². The Labute approximate surface area is 126 Å². The van der Waals surface area contributed by atoms with E-state index in [0.717, 1.165) is 0 Å². The van der Waals surface area contributed by atoms with Crippen LogP contribution in [0.15, 0.2) is 24.3 Å². The molecule has 1 fully saturated rings. The van der Waals surface area contributed by atoms with E-state index in [1.165, 1.54) is 6.07 Å². The molecule has 6 N–H and O–H groups in total. The Kier molecular flexibility index (Phi) is 5.76. The number of carboxylic acids is 1. The summed E-state index contributed by atoms with van der Waals surface area (Å²) in [7, 11) is 0. The number of rotatable bonds is 3. The minimum Gasteiger partial charge on any atom is -0.479 e. The van der Waals surface area contributed by atoms with Crippen LogP contribution in [-0.2, 0) is 9.53 Å². The maximum absolute atomic E-state index is 10.9. The van der Waals surface area contributed by atoms with E-state index in [1.54, 1.807) is 18.2 Å². The molecule has 9 heteroatoms. The zero-order valence-corrected chi connectivity index (χ0v) is 11.5. The average molecular weight is 322 g/mol. The van der Waals surface area contributed by atoms with Crippen LogP contribution >= 0.6 is 12.4 Å². The first-order valence-electron chi connectivity index (χ1n) is 5.85. The van der Waals surface area contributed by atoms with Crippen molar-refractivity contribution in [2.45, 2.75) is 30.7 Å². The minimum absolute atomic E-state index is 0. The van der Waals surface area contributed by atoms with Gasteiger partial charge < -0.3 is 35.6 Å². The topological polar surface area (TPSA) is 142 Å². The van der Waals surface area contributed by atoms with E-state index >= 15 is 0 Å². The second-order valence-electron chi connectivity index (χ2n) is 4.39. The number of ether oxygens (including phenoxy) is 2. The van der Waals surface area contributed by atoms with Crippen molar-refractivity contribution in [1.82, 2.24) is 0 Å². The van der Waals surface area contributed by atoms with E-state index in [1.807, 2.05) is 0 Å². The summed E-state index contributed by atoms with van der Waals surface area (Å²) in [5, 5.41) is 37.8. The van der Waals surface area contributed by atoms with Crippen molar-refractivity contribution in [3.05, 3.63) is 24.3 Å². The second-order valence-corrected chi connectivity index (χ2v) is 4.39. The lowest BCUT2D eigenvalue weighted by atomic mass is 9.99. The highest BCUT2D eigenvalue weighted by Gasteiger charge is 2.48. The maximum atomic E-state index is 10.9. The zero-order chi connectivity index (χ0) is 14.9. The van der Waals surface area contributed by atoms with Crippen molar-refractivity contribution in [2.75, 3.05) is 5.73 Å². The maximum Gasteiger partial charge on any atom is 0.335 e. The molecule has 1 aliphatic heterocycles. The SMILES string of the molecule is Cl.Nc1ccccc1O[C@@H]1OC(C(=O)O)[C@@H](O)[C@H](O)[C@@H]1O. The summed E-state index contributed by atoms with van der Waals surface area (Å²) in [5.74, 6) is -1.30. The number of carbonyl (C=O) groups is 1. The summed E-state index contributed by atoms with van der Waals surface area (Å²) in [5.41, 5.74) is 5.91. The average Bonchev–Trinajstić information content (AvgIpc) is 2.41. The standard InChI is InChI=1S/C12H15NO7.ClH/c13-5-3-1-2-4-6(5)19-12-9(16)7(14)8(15)10(20-12)11(17)18;/h1-4,7-10,12,14-16H,13H2,(H,17,18);1H/t7-,8-,9-,10?,12+;/m0./s1. The molecule has 0 aromatic heterocycles. The van der Waals surface area contributed by atoms with E-state index in [-0.39, 0.29) is 23.8 Å². The van der Waals surface area contributed by atoms with Gasteiger partial charge in [0.2, 0.25) is 6.29 Å². The molecule has 0 saturated carbocycles. The molecule has 0 radical (unpaired) electrons. The third-order valence-electron chi connectivity index (χ3n) is 2.98. The predicted molar refractivity (Wildman–Crippen MR) is 73.0 cm³/mol. The normalized spacial score (nSPS) is 32.0. The van der Waals surface area contributed by atoms with Gasteiger partial charge in [0.25, 0.3) is 0 Å². The molecule has 118 valence electrons. The Hall–Kier alpha value is -1.58. The Balaban J connectivity index is 0.00000220. The van der Waals surface area contributed by atoms with Gasteiger partial charge in [0.1, 0.15) is 24.1 Å². The van der Waals surface area contributed by atoms with E-state index in [0.29, 0.717) is 0 Å². The number of carboxylic acid groups (broad SMARTS) is 1. The number of para-hydroxylation sites is 2. The first-order valence-corrected chi connectivity index (χ1v) is 5.85. The van der Waals surface area contributed by atoms with Crippen LogP contribution < -0.4 is 10.5 Å². The molecule has 0 aliphatic carbocycles. The van der Waals surface area contributed by atoms with Gasteiger partial charge >= 0.3 is 5.97 Å². The Bertz CT molecular complexity index is 500. The largest absolute Gasteiger partial charge is 0.479 e. The van der Waals surface area contributed by atoms with Crippen molar-refractivity contribution in [1.29, 1.82) is 0 Å². The third-order valence-corrected chi connectivity index (χ3v) is 2.98. The smallest absolute Gasteiger partial charge is 0.335 e. The number of hydrogen-bond acceptors (Lipinski definition) is 7. The third kappa shape index (κ3) is 3.55. The van der Waals surface area contributed by atoms with Crippen molar-refractivity contribution in [3.8, 4) is 5.75 Å². The van der Waals surface area contributed by atoms with Gasteiger partial charge in [0, 0.05) is 0 Å². The molecular weight excluding hydrogens is 306 g/mol. The van der Waals surface area contributed by atoms with Gasteiger partial charge in [-0.25, -0.2) is 4.79 Å². The quantitative estimate of drug-likeness (QED) is 0.444. The van der Waals surface area contributed by atoms with Crippen LogP contribution in [0.4, 0.5) is 5.69 Å². The van der Waals surface area contributed by atoms with Gasteiger partial charge in [-0.15, -0.1) is 12.4 Å². The number of aliphatic hydroxyl groups is 3. The minimum atomic E-state index is -1.75. The van der Waals surface area contributed by atoms with Gasteiger partial charge in [0.15, 0.2) is 6.10 Å². The summed E-state index contributed by atoms with van der Waals surface area (Å²) in [4.78, 5) is 10.9. The molecular formula is C12H16ClNO7. The molecule has 8 nitrogen and oxygen atoms in total. The number of nitrogen functional groups attached to an aromatic ring is 1. The van der Waals surface area contributed by atoms with Crippen molar-refractivity contribution in [3.63, 3.8) is 0 Å². The summed E-state index contributed by atoms with van der Waals surface area (Å²) in [6, 6.07) is 6.34. The molecule has 1 heterocycles. The van der Waals surface area contributed by atoms with Gasteiger partial charge in [-0.1, -0.05) is 12.1 Å². The first kappa shape index (κ1) is 17.5. The van der Waals surface area contributed by atoms with Crippen LogP contribution in [0.2, 0.25) is 0 Å². The summed E-state index contributed by atoms with van der Waals surface area (Å²) < 4.78 is 10.2. The molecule has 5 atom stereocenters. The number of hydrogen-bond donors (Lipinski definition) is 5. The van der Waals surface area contributed by atoms with Crippen molar-refractivity contribution in [2.24, 2.45) is 0 Å². The van der Waals surface area contributed by atoms with Crippen LogP contribution in [0, 0.1) is 0 Å². The fourth-order valence-corrected chi connectivity index (χ4v) is 1.86. The molecule has 2 rings (SSSR count). The van der Waals surface area contributed by atoms with Crippen LogP contribution in [0.3, 0.4) is 0 Å². The molecule has 1 saturated heterocycles. The van der Waals surface area contributed by atoms with Crippen LogP contribution in [-0.4, -0.2) is 57.1 Å². The molecule has 0 amide bonds. The Morgan fingerprint density at radius 1 is 1.14 bits per heavy atom. The van der Waals surface area contributed by atoms with Gasteiger partial charge in [-0.2, -0.15) is 0 Å². The summed E-state index contributed by atoms with van der Waals surface area (Å²) >= 11 is 0. The van der Waals surface area contributed by atoms with Crippen LogP contribution in [0.1, 0.15) is 0 Å². The van der Waals surface area contributed by atoms with Crippen molar-refractivity contribution < 1.29 is 34.7 Å². The zero-order valence-electron chi connectivity index (χ0n) is 10.7. The van der Waals surface area contributed by atoms with Crippen LogP contribution in [0.5, 0.6) is 5.75 Å². The fraction of sp³-hybridized carbons (Fsp3) is 0.417. The second kappa shape index (κ2) is 6.92. The summed E-state index contributed by atoms with van der Waals surface area (Å²) in [6.07, 6.45) is -8.24. The van der Waals surface area contributed by atoms with E-state index in [9.17, 15) is 20.1 Å². The number of benzene rings is 1. The number of halogens is 1. The molecule has 0 bridgehead atoms. The summed E-state index contributed by atoms with van der Waals surface area (Å²) in [6.45, 7) is 0. The van der Waals surface area contributed by atoms with Gasteiger partial charge in [-0.05, 0) is 12.1 Å². The number of aliphatic carboxylic acids is 1. The van der Waals surface area contributed by atoms with Crippen LogP contribution in [0.25, 0.3) is 0 Å². The number of aliphatic hydroxyl groups excluding tert-OH is 3. The lowest BCUT2D eigenvalue weighted by molar-refractivity contribution is -0.271. The highest BCUT2D eigenvalue weighted by atomic mass is 35.5. The predicted octanol–water partition coefficient (Wildman–Crippen LogP) is -1.04. The Morgan fingerprint density at radius 3 is 2.33 bits per heavy atom. The Morgan fingerprint density at radius 2 is 1.76 bits per heavy atom. The van der Waals surface area contributed by atoms with E-state index in [2.05, 4.69) is 0 Å². The molecule has 1 aliphatic rings. The lowest BCUT2D eigenvalue weighted by Crippen LogP contribution is -2.61. The van der Waals surface area contributed by atoms with Gasteiger partial charge in [-0.3, -0.25) is 0 Å². The highest BCUT2D eigenvalue weighted by molar-refractivity contribution is 5.85. The fourth-order valence-electron chi connectivity index (χ4n) is 1.86. The molecule has 21 heavy (non-hydrogen) atoms. The molecule has 1 aromatic carbocycles. The first-order chi connectivity index (χ1) is 9.41. The van der Waals surface area contributed by atoms with Gasteiger partial charge in [0.05, 0.1) is 5.69 Å². The monoisotopic (exact) mass is 321 g/mol. The number of anilines is 1. The lowest BCUT2D eigenvalue weighted by Gasteiger charge is -2.38. The molecule has 0 spiro atoms. The van der Waals surface area contributed by atoms with E-state index in [4.69, 9.17) is 20.3 Å². The molecule has 1 aromatic rings. The molecule has 1 unspecified atom stereocenters. The highest BCUT2D eigenvalue weighted by Crippen LogP contribution is 2.27. The number of nitrogens with two attached hydrogens (primary N) is 1. The van der Waals surface area contributed by atoms with E-state index < -0.39 is 36.7 Å².